The molecule has 1 amide bonds. The first-order valence-corrected chi connectivity index (χ1v) is 9.85. The van der Waals surface area contributed by atoms with Crippen LogP contribution in [-0.2, 0) is 17.8 Å². The highest BCUT2D eigenvalue weighted by Gasteiger charge is 2.42. The molecule has 3 rings (SSSR count). The SMILES string of the molecule is CCn1c(Cc2ccccc2)nnc1SCC(=O)NC(C)(C#N)C1CC1. The fourth-order valence-corrected chi connectivity index (χ4v) is 3.81. The highest BCUT2D eigenvalue weighted by Crippen LogP contribution is 2.39. The number of carbonyl (C=O) groups excluding carboxylic acids is 1. The Labute approximate surface area is 158 Å². The Hall–Kier alpha value is -2.33. The molecule has 6 nitrogen and oxygen atoms in total. The summed E-state index contributed by atoms with van der Waals surface area (Å²) in [5.41, 5.74) is 0.423. The minimum atomic E-state index is -0.755. The van der Waals surface area contributed by atoms with Gasteiger partial charge >= 0.3 is 0 Å². The number of aromatic nitrogens is 3. The maximum absolute atomic E-state index is 12.3. The van der Waals surface area contributed by atoms with E-state index in [4.69, 9.17) is 0 Å². The monoisotopic (exact) mass is 369 g/mol. The van der Waals surface area contributed by atoms with Gasteiger partial charge in [-0.25, -0.2) is 0 Å². The van der Waals surface area contributed by atoms with Crippen LogP contribution in [0.3, 0.4) is 0 Å². The van der Waals surface area contributed by atoms with Crippen LogP contribution in [0.15, 0.2) is 35.5 Å². The second-order valence-electron chi connectivity index (χ2n) is 6.73. The summed E-state index contributed by atoms with van der Waals surface area (Å²) in [7, 11) is 0. The van der Waals surface area contributed by atoms with E-state index >= 15 is 0 Å². The summed E-state index contributed by atoms with van der Waals surface area (Å²) >= 11 is 1.36. The van der Waals surface area contributed by atoms with Crippen molar-refractivity contribution in [2.75, 3.05) is 5.75 Å². The minimum Gasteiger partial charge on any atom is -0.337 e. The van der Waals surface area contributed by atoms with E-state index in [1.807, 2.05) is 29.7 Å². The number of hydrogen-bond acceptors (Lipinski definition) is 5. The van der Waals surface area contributed by atoms with E-state index in [1.165, 1.54) is 17.3 Å². The molecule has 1 saturated carbocycles. The summed E-state index contributed by atoms with van der Waals surface area (Å²) in [6.07, 6.45) is 2.72. The molecule has 1 aromatic heterocycles. The second kappa shape index (κ2) is 7.92. The molecule has 2 aromatic rings. The molecule has 1 fully saturated rings. The van der Waals surface area contributed by atoms with Crippen molar-refractivity contribution in [1.29, 1.82) is 5.26 Å². The summed E-state index contributed by atoms with van der Waals surface area (Å²) in [5, 5.41) is 21.5. The maximum Gasteiger partial charge on any atom is 0.231 e. The number of carbonyl (C=O) groups is 1. The van der Waals surface area contributed by atoms with Gasteiger partial charge in [-0.1, -0.05) is 42.1 Å². The summed E-state index contributed by atoms with van der Waals surface area (Å²) in [4.78, 5) is 12.3. The van der Waals surface area contributed by atoms with Gasteiger partial charge in [0.1, 0.15) is 11.4 Å². The van der Waals surface area contributed by atoms with Gasteiger partial charge in [-0.2, -0.15) is 5.26 Å². The van der Waals surface area contributed by atoms with Gasteiger partial charge in [-0.15, -0.1) is 10.2 Å². The van der Waals surface area contributed by atoms with Gasteiger partial charge in [0.25, 0.3) is 0 Å². The lowest BCUT2D eigenvalue weighted by Crippen LogP contribution is -2.47. The van der Waals surface area contributed by atoms with Crippen LogP contribution in [0.5, 0.6) is 0 Å². The molecule has 0 saturated heterocycles. The molecule has 0 spiro atoms. The summed E-state index contributed by atoms with van der Waals surface area (Å²) in [5.74, 6) is 1.26. The van der Waals surface area contributed by atoms with Crippen LogP contribution in [0.4, 0.5) is 0 Å². The van der Waals surface area contributed by atoms with Crippen LogP contribution in [0.25, 0.3) is 0 Å². The smallest absolute Gasteiger partial charge is 0.231 e. The quantitative estimate of drug-likeness (QED) is 0.724. The second-order valence-corrected chi connectivity index (χ2v) is 7.67. The predicted octanol–water partition coefficient (Wildman–Crippen LogP) is 2.79. The van der Waals surface area contributed by atoms with Crippen LogP contribution < -0.4 is 5.32 Å². The molecular formula is C19H23N5OS. The van der Waals surface area contributed by atoms with Crippen LogP contribution in [0, 0.1) is 17.2 Å². The fraction of sp³-hybridized carbons (Fsp3) is 0.474. The minimum absolute atomic E-state index is 0.138. The first kappa shape index (κ1) is 18.5. The molecule has 26 heavy (non-hydrogen) atoms. The van der Waals surface area contributed by atoms with Gasteiger partial charge in [0, 0.05) is 13.0 Å². The Balaban J connectivity index is 1.61. The summed E-state index contributed by atoms with van der Waals surface area (Å²) in [6, 6.07) is 12.4. The van der Waals surface area contributed by atoms with Crippen molar-refractivity contribution >= 4 is 17.7 Å². The first-order chi connectivity index (χ1) is 12.6. The molecule has 1 N–H and O–H groups in total. The zero-order chi connectivity index (χ0) is 18.6. The number of nitrogens with zero attached hydrogens (tertiary/aromatic N) is 4. The molecule has 0 aliphatic heterocycles. The van der Waals surface area contributed by atoms with Gasteiger partial charge in [0.05, 0.1) is 11.8 Å². The molecule has 1 atom stereocenters. The molecule has 1 heterocycles. The van der Waals surface area contributed by atoms with Crippen LogP contribution in [0.1, 0.15) is 38.1 Å². The highest BCUT2D eigenvalue weighted by atomic mass is 32.2. The predicted molar refractivity (Wildman–Crippen MR) is 101 cm³/mol. The number of nitriles is 1. The molecule has 1 aromatic carbocycles. The Kier molecular flexibility index (Phi) is 5.62. The summed E-state index contributed by atoms with van der Waals surface area (Å²) in [6.45, 7) is 4.60. The number of amides is 1. The Morgan fingerprint density at radius 2 is 2.12 bits per heavy atom. The molecule has 0 radical (unpaired) electrons. The molecule has 7 heteroatoms. The van der Waals surface area contributed by atoms with E-state index in [0.717, 1.165) is 30.4 Å². The van der Waals surface area contributed by atoms with Crippen molar-refractivity contribution in [3.05, 3.63) is 41.7 Å². The Bertz CT molecular complexity index is 809. The molecule has 1 aliphatic rings. The summed E-state index contributed by atoms with van der Waals surface area (Å²) < 4.78 is 2.04. The van der Waals surface area contributed by atoms with Crippen molar-refractivity contribution in [3.63, 3.8) is 0 Å². The van der Waals surface area contributed by atoms with Gasteiger partial charge in [-0.05, 0) is 38.2 Å². The number of nitrogens with one attached hydrogen (secondary N) is 1. The normalized spacial score (nSPS) is 15.9. The van der Waals surface area contributed by atoms with Crippen molar-refractivity contribution in [2.24, 2.45) is 5.92 Å². The topological polar surface area (TPSA) is 83.6 Å². The lowest BCUT2D eigenvalue weighted by Gasteiger charge is -2.22. The Morgan fingerprint density at radius 3 is 2.73 bits per heavy atom. The number of thioether (sulfide) groups is 1. The number of benzene rings is 1. The van der Waals surface area contributed by atoms with E-state index in [0.29, 0.717) is 6.42 Å². The average molecular weight is 369 g/mol. The zero-order valence-corrected chi connectivity index (χ0v) is 15.9. The number of hydrogen-bond donors (Lipinski definition) is 1. The third kappa shape index (κ3) is 4.25. The van der Waals surface area contributed by atoms with Crippen LogP contribution in [0.2, 0.25) is 0 Å². The van der Waals surface area contributed by atoms with E-state index in [2.05, 4.69) is 33.7 Å². The molecule has 1 unspecified atom stereocenters. The zero-order valence-electron chi connectivity index (χ0n) is 15.1. The average Bonchev–Trinajstić information content (AvgIpc) is 3.44. The molecule has 1 aliphatic carbocycles. The van der Waals surface area contributed by atoms with Crippen LogP contribution >= 0.6 is 11.8 Å². The van der Waals surface area contributed by atoms with Crippen molar-refractivity contribution < 1.29 is 4.79 Å². The fourth-order valence-electron chi connectivity index (χ4n) is 2.99. The molecular weight excluding hydrogens is 346 g/mol. The third-order valence-electron chi connectivity index (χ3n) is 4.67. The van der Waals surface area contributed by atoms with Gasteiger partial charge < -0.3 is 9.88 Å². The van der Waals surface area contributed by atoms with Gasteiger partial charge in [0.2, 0.25) is 5.91 Å². The first-order valence-electron chi connectivity index (χ1n) is 8.86. The lowest BCUT2D eigenvalue weighted by atomic mass is 9.98. The largest absolute Gasteiger partial charge is 0.337 e. The van der Waals surface area contributed by atoms with E-state index in [-0.39, 0.29) is 17.6 Å². The Morgan fingerprint density at radius 1 is 1.38 bits per heavy atom. The van der Waals surface area contributed by atoms with E-state index in [1.54, 1.807) is 6.92 Å². The maximum atomic E-state index is 12.3. The van der Waals surface area contributed by atoms with Crippen molar-refractivity contribution in [3.8, 4) is 6.07 Å². The highest BCUT2D eigenvalue weighted by molar-refractivity contribution is 7.99. The molecule has 0 bridgehead atoms. The third-order valence-corrected chi connectivity index (χ3v) is 5.64. The lowest BCUT2D eigenvalue weighted by molar-refractivity contribution is -0.119. The van der Waals surface area contributed by atoms with Crippen molar-refractivity contribution in [2.45, 2.75) is 50.4 Å². The van der Waals surface area contributed by atoms with Gasteiger partial charge in [-0.3, -0.25) is 4.79 Å². The van der Waals surface area contributed by atoms with Crippen molar-refractivity contribution in [1.82, 2.24) is 20.1 Å². The standard InChI is InChI=1S/C19H23N5OS/c1-3-24-16(11-14-7-5-4-6-8-14)22-23-18(24)26-12-17(25)21-19(2,13-20)15-9-10-15/h4-8,15H,3,9-12H2,1-2H3,(H,21,25). The van der Waals surface area contributed by atoms with E-state index in [9.17, 15) is 10.1 Å². The molecule has 136 valence electrons. The van der Waals surface area contributed by atoms with Crippen LogP contribution in [-0.4, -0.2) is 32.0 Å². The number of rotatable bonds is 8. The van der Waals surface area contributed by atoms with E-state index < -0.39 is 5.54 Å². The van der Waals surface area contributed by atoms with Gasteiger partial charge in [0.15, 0.2) is 5.16 Å².